The molecule has 0 saturated carbocycles. The third kappa shape index (κ3) is 4.14. The molecule has 136 valence electrons. The van der Waals surface area contributed by atoms with Crippen molar-refractivity contribution in [2.75, 3.05) is 32.8 Å². The zero-order valence-electron chi connectivity index (χ0n) is 14.7. The standard InChI is InChI=1S/C20H22N2O4/c1-15-4-2-3-5-18(15)26-14-19(24)21-10-12-22(13-11-21)20(25)16-6-8-17(23)9-7-16/h2-9,23H,10-14H2,1H3. The third-order valence-corrected chi connectivity index (χ3v) is 4.48. The molecular formula is C20H22N2O4. The minimum absolute atomic E-state index is 0.00321. The minimum Gasteiger partial charge on any atom is -0.508 e. The Bertz CT molecular complexity index is 781. The van der Waals surface area contributed by atoms with E-state index in [1.807, 2.05) is 31.2 Å². The van der Waals surface area contributed by atoms with Crippen molar-refractivity contribution in [1.82, 2.24) is 9.80 Å². The first-order valence-electron chi connectivity index (χ1n) is 8.59. The van der Waals surface area contributed by atoms with Crippen molar-refractivity contribution in [2.45, 2.75) is 6.92 Å². The highest BCUT2D eigenvalue weighted by molar-refractivity contribution is 5.94. The summed E-state index contributed by atoms with van der Waals surface area (Å²) in [4.78, 5) is 28.2. The van der Waals surface area contributed by atoms with Crippen LogP contribution in [0.15, 0.2) is 48.5 Å². The molecule has 0 atom stereocenters. The van der Waals surface area contributed by atoms with Gasteiger partial charge in [0.2, 0.25) is 0 Å². The first-order chi connectivity index (χ1) is 12.5. The molecule has 1 fully saturated rings. The van der Waals surface area contributed by atoms with Gasteiger partial charge in [-0.15, -0.1) is 0 Å². The Balaban J connectivity index is 1.50. The molecular weight excluding hydrogens is 332 g/mol. The van der Waals surface area contributed by atoms with Gasteiger partial charge in [0.15, 0.2) is 6.61 Å². The molecule has 6 nitrogen and oxygen atoms in total. The number of aryl methyl sites for hydroxylation is 1. The molecule has 0 bridgehead atoms. The molecule has 1 heterocycles. The van der Waals surface area contributed by atoms with Gasteiger partial charge in [-0.3, -0.25) is 9.59 Å². The second-order valence-electron chi connectivity index (χ2n) is 6.27. The number of ether oxygens (including phenoxy) is 1. The number of phenols is 1. The smallest absolute Gasteiger partial charge is 0.260 e. The predicted octanol–water partition coefficient (Wildman–Crippen LogP) is 2.06. The summed E-state index contributed by atoms with van der Waals surface area (Å²) in [5, 5.41) is 9.31. The number of para-hydroxylation sites is 1. The van der Waals surface area contributed by atoms with Crippen LogP contribution in [-0.4, -0.2) is 59.5 Å². The van der Waals surface area contributed by atoms with Gasteiger partial charge in [0.1, 0.15) is 11.5 Å². The highest BCUT2D eigenvalue weighted by Gasteiger charge is 2.25. The fraction of sp³-hybridized carbons (Fsp3) is 0.300. The van der Waals surface area contributed by atoms with Crippen LogP contribution < -0.4 is 4.74 Å². The number of carbonyl (C=O) groups is 2. The van der Waals surface area contributed by atoms with E-state index >= 15 is 0 Å². The highest BCUT2D eigenvalue weighted by atomic mass is 16.5. The number of hydrogen-bond donors (Lipinski definition) is 1. The predicted molar refractivity (Wildman–Crippen MR) is 97.3 cm³/mol. The Labute approximate surface area is 152 Å². The van der Waals surface area contributed by atoms with Gasteiger partial charge in [0.25, 0.3) is 11.8 Å². The van der Waals surface area contributed by atoms with E-state index < -0.39 is 0 Å². The summed E-state index contributed by atoms with van der Waals surface area (Å²) in [6.07, 6.45) is 0. The second kappa shape index (κ2) is 7.91. The summed E-state index contributed by atoms with van der Waals surface area (Å²) in [6.45, 7) is 3.87. The molecule has 0 unspecified atom stereocenters. The molecule has 26 heavy (non-hydrogen) atoms. The minimum atomic E-state index is -0.0896. The number of phenolic OH excluding ortho intramolecular Hbond substituents is 1. The third-order valence-electron chi connectivity index (χ3n) is 4.48. The van der Waals surface area contributed by atoms with Crippen LogP contribution in [0.5, 0.6) is 11.5 Å². The van der Waals surface area contributed by atoms with Gasteiger partial charge in [-0.2, -0.15) is 0 Å². The van der Waals surface area contributed by atoms with Gasteiger partial charge in [-0.05, 0) is 42.8 Å². The van der Waals surface area contributed by atoms with Crippen molar-refractivity contribution >= 4 is 11.8 Å². The quantitative estimate of drug-likeness (QED) is 0.912. The van der Waals surface area contributed by atoms with E-state index in [0.29, 0.717) is 37.5 Å². The van der Waals surface area contributed by atoms with E-state index in [2.05, 4.69) is 0 Å². The maximum Gasteiger partial charge on any atom is 0.260 e. The Kier molecular flexibility index (Phi) is 5.41. The van der Waals surface area contributed by atoms with Crippen LogP contribution in [0.3, 0.4) is 0 Å². The van der Waals surface area contributed by atoms with Crippen molar-refractivity contribution < 1.29 is 19.4 Å². The average Bonchev–Trinajstić information content (AvgIpc) is 2.67. The first kappa shape index (κ1) is 17.8. The number of amides is 2. The molecule has 0 aromatic heterocycles. The van der Waals surface area contributed by atoms with Crippen LogP contribution >= 0.6 is 0 Å². The Morgan fingerprint density at radius 1 is 0.962 bits per heavy atom. The summed E-state index contributed by atoms with van der Waals surface area (Å²) in [5.74, 6) is 0.672. The topological polar surface area (TPSA) is 70.1 Å². The van der Waals surface area contributed by atoms with Crippen molar-refractivity contribution in [1.29, 1.82) is 0 Å². The Hall–Kier alpha value is -3.02. The number of aromatic hydroxyl groups is 1. The summed E-state index contributed by atoms with van der Waals surface area (Å²) in [7, 11) is 0. The van der Waals surface area contributed by atoms with Crippen LogP contribution in [0.4, 0.5) is 0 Å². The van der Waals surface area contributed by atoms with Gasteiger partial charge < -0.3 is 19.6 Å². The van der Waals surface area contributed by atoms with Crippen LogP contribution in [0.2, 0.25) is 0 Å². The molecule has 2 amide bonds. The number of carbonyl (C=O) groups excluding carboxylic acids is 2. The molecule has 1 aliphatic heterocycles. The molecule has 6 heteroatoms. The number of rotatable bonds is 4. The molecule has 0 radical (unpaired) electrons. The number of piperazine rings is 1. The van der Waals surface area contributed by atoms with Crippen molar-refractivity contribution in [3.8, 4) is 11.5 Å². The van der Waals surface area contributed by atoms with Gasteiger partial charge in [-0.1, -0.05) is 18.2 Å². The average molecular weight is 354 g/mol. The van der Waals surface area contributed by atoms with E-state index in [1.54, 1.807) is 21.9 Å². The van der Waals surface area contributed by atoms with E-state index in [1.165, 1.54) is 12.1 Å². The van der Waals surface area contributed by atoms with Crippen LogP contribution in [0.1, 0.15) is 15.9 Å². The summed E-state index contributed by atoms with van der Waals surface area (Å²) in [5.41, 5.74) is 1.52. The van der Waals surface area contributed by atoms with E-state index in [0.717, 1.165) is 5.56 Å². The summed E-state index contributed by atoms with van der Waals surface area (Å²) in [6, 6.07) is 13.8. The van der Waals surface area contributed by atoms with Crippen LogP contribution in [0.25, 0.3) is 0 Å². The van der Waals surface area contributed by atoms with E-state index in [9.17, 15) is 14.7 Å². The van der Waals surface area contributed by atoms with Gasteiger partial charge >= 0.3 is 0 Å². The Morgan fingerprint density at radius 2 is 1.58 bits per heavy atom. The van der Waals surface area contributed by atoms with E-state index in [-0.39, 0.29) is 24.2 Å². The lowest BCUT2D eigenvalue weighted by atomic mass is 10.1. The van der Waals surface area contributed by atoms with Gasteiger partial charge in [0, 0.05) is 31.7 Å². The fourth-order valence-corrected chi connectivity index (χ4v) is 2.89. The van der Waals surface area contributed by atoms with E-state index in [4.69, 9.17) is 4.74 Å². The lowest BCUT2D eigenvalue weighted by Gasteiger charge is -2.34. The summed E-state index contributed by atoms with van der Waals surface area (Å²) < 4.78 is 5.61. The molecule has 0 aliphatic carbocycles. The molecule has 2 aromatic carbocycles. The second-order valence-corrected chi connectivity index (χ2v) is 6.27. The maximum absolute atomic E-state index is 12.5. The molecule has 1 aliphatic rings. The van der Waals surface area contributed by atoms with Crippen LogP contribution in [-0.2, 0) is 4.79 Å². The molecule has 2 aromatic rings. The van der Waals surface area contributed by atoms with Gasteiger partial charge in [-0.25, -0.2) is 0 Å². The molecule has 1 saturated heterocycles. The van der Waals surface area contributed by atoms with Crippen molar-refractivity contribution in [3.63, 3.8) is 0 Å². The van der Waals surface area contributed by atoms with Crippen LogP contribution in [0, 0.1) is 6.92 Å². The van der Waals surface area contributed by atoms with Crippen molar-refractivity contribution in [2.24, 2.45) is 0 Å². The lowest BCUT2D eigenvalue weighted by Crippen LogP contribution is -2.51. The lowest BCUT2D eigenvalue weighted by molar-refractivity contribution is -0.134. The molecule has 3 rings (SSSR count). The number of nitrogens with zero attached hydrogens (tertiary/aromatic N) is 2. The highest BCUT2D eigenvalue weighted by Crippen LogP contribution is 2.17. The number of hydrogen-bond acceptors (Lipinski definition) is 4. The molecule has 1 N–H and O–H groups in total. The van der Waals surface area contributed by atoms with Crippen molar-refractivity contribution in [3.05, 3.63) is 59.7 Å². The molecule has 0 spiro atoms. The largest absolute Gasteiger partial charge is 0.508 e. The SMILES string of the molecule is Cc1ccccc1OCC(=O)N1CCN(C(=O)c2ccc(O)cc2)CC1. The zero-order valence-corrected chi connectivity index (χ0v) is 14.7. The summed E-state index contributed by atoms with van der Waals surface area (Å²) >= 11 is 0. The Morgan fingerprint density at radius 3 is 2.23 bits per heavy atom. The fourth-order valence-electron chi connectivity index (χ4n) is 2.89. The maximum atomic E-state index is 12.5. The zero-order chi connectivity index (χ0) is 18.5. The first-order valence-corrected chi connectivity index (χ1v) is 8.59. The number of benzene rings is 2. The monoisotopic (exact) mass is 354 g/mol. The van der Waals surface area contributed by atoms with Gasteiger partial charge in [0.05, 0.1) is 0 Å². The normalized spacial score (nSPS) is 14.2.